The van der Waals surface area contributed by atoms with Crippen molar-refractivity contribution >= 4 is 0 Å². The normalized spacial score (nSPS) is 20.9. The third kappa shape index (κ3) is 4.87. The van der Waals surface area contributed by atoms with Gasteiger partial charge >= 0.3 is 0 Å². The molecule has 1 fully saturated rings. The summed E-state index contributed by atoms with van der Waals surface area (Å²) in [5.41, 5.74) is 2.33. The fraction of sp³-hybridized carbons (Fsp3) is 0.579. The van der Waals surface area contributed by atoms with Crippen molar-refractivity contribution < 1.29 is 9.84 Å². The molecule has 6 heteroatoms. The van der Waals surface area contributed by atoms with E-state index < -0.39 is 0 Å². The molecule has 3 heterocycles. The largest absolute Gasteiger partial charge is 0.395 e. The maximum Gasteiger partial charge on any atom is 0.0895 e. The van der Waals surface area contributed by atoms with Gasteiger partial charge in [0.05, 0.1) is 18.9 Å². The molecule has 2 aromatic heterocycles. The molecule has 0 aliphatic carbocycles. The monoisotopic (exact) mass is 344 g/mol. The molecule has 0 bridgehead atoms. The van der Waals surface area contributed by atoms with Gasteiger partial charge in [-0.15, -0.1) is 0 Å². The Balaban J connectivity index is 1.69. The van der Waals surface area contributed by atoms with Crippen LogP contribution in [0.5, 0.6) is 0 Å². The van der Waals surface area contributed by atoms with Gasteiger partial charge in [0.2, 0.25) is 0 Å². The van der Waals surface area contributed by atoms with Gasteiger partial charge in [-0.1, -0.05) is 6.07 Å². The second-order valence-corrected chi connectivity index (χ2v) is 6.64. The van der Waals surface area contributed by atoms with Crippen molar-refractivity contribution in [3.63, 3.8) is 0 Å². The Kier molecular flexibility index (Phi) is 6.55. The molecule has 0 aromatic carbocycles. The van der Waals surface area contributed by atoms with E-state index >= 15 is 0 Å². The highest BCUT2D eigenvalue weighted by molar-refractivity contribution is 5.11. The molecule has 1 aliphatic rings. The van der Waals surface area contributed by atoms with E-state index in [4.69, 9.17) is 4.74 Å². The van der Waals surface area contributed by atoms with Crippen LogP contribution in [0.2, 0.25) is 0 Å². The van der Waals surface area contributed by atoms with E-state index in [1.54, 1.807) is 6.20 Å². The number of nitrogens with zero attached hydrogens (tertiary/aromatic N) is 4. The maximum atomic E-state index is 9.46. The summed E-state index contributed by atoms with van der Waals surface area (Å²) in [5, 5.41) is 13.9. The highest BCUT2D eigenvalue weighted by Crippen LogP contribution is 2.34. The van der Waals surface area contributed by atoms with Gasteiger partial charge < -0.3 is 9.84 Å². The molecule has 0 radical (unpaired) electrons. The van der Waals surface area contributed by atoms with Crippen molar-refractivity contribution in [3.05, 3.63) is 48.0 Å². The van der Waals surface area contributed by atoms with E-state index in [9.17, 15) is 5.11 Å². The summed E-state index contributed by atoms with van der Waals surface area (Å²) in [6.45, 7) is 6.28. The molecule has 1 aliphatic heterocycles. The van der Waals surface area contributed by atoms with Gasteiger partial charge in [-0.05, 0) is 31.4 Å². The van der Waals surface area contributed by atoms with Gasteiger partial charge in [0.15, 0.2) is 0 Å². The van der Waals surface area contributed by atoms with Crippen LogP contribution in [-0.4, -0.2) is 51.1 Å². The van der Waals surface area contributed by atoms with Crippen LogP contribution in [-0.2, 0) is 17.8 Å². The zero-order valence-corrected chi connectivity index (χ0v) is 14.9. The lowest BCUT2D eigenvalue weighted by molar-refractivity contribution is -0.0409. The van der Waals surface area contributed by atoms with E-state index in [1.165, 1.54) is 5.56 Å². The van der Waals surface area contributed by atoms with Crippen molar-refractivity contribution in [2.75, 3.05) is 26.3 Å². The molecule has 2 atom stereocenters. The second kappa shape index (κ2) is 9.08. The molecule has 0 amide bonds. The third-order valence-electron chi connectivity index (χ3n) is 4.79. The lowest BCUT2D eigenvalue weighted by Gasteiger charge is -2.35. The first-order chi connectivity index (χ1) is 12.3. The van der Waals surface area contributed by atoms with Crippen LogP contribution in [0.25, 0.3) is 0 Å². The molecule has 6 nitrogen and oxygen atoms in total. The van der Waals surface area contributed by atoms with E-state index in [0.29, 0.717) is 12.5 Å². The van der Waals surface area contributed by atoms with Gasteiger partial charge in [0.25, 0.3) is 0 Å². The lowest BCUT2D eigenvalue weighted by atomic mass is 9.90. The van der Waals surface area contributed by atoms with Gasteiger partial charge in [0, 0.05) is 62.9 Å². The molecular weight excluding hydrogens is 316 g/mol. The summed E-state index contributed by atoms with van der Waals surface area (Å²) in [4.78, 5) is 6.49. The minimum atomic E-state index is 0.0872. The van der Waals surface area contributed by atoms with Crippen molar-refractivity contribution in [2.24, 2.45) is 5.92 Å². The summed E-state index contributed by atoms with van der Waals surface area (Å²) in [7, 11) is 0. The first-order valence-electron chi connectivity index (χ1n) is 9.16. The highest BCUT2D eigenvalue weighted by atomic mass is 16.5. The molecular formula is C19H28N4O2. The Hall–Kier alpha value is -1.76. The maximum absolute atomic E-state index is 9.46. The lowest BCUT2D eigenvalue weighted by Crippen LogP contribution is -2.36. The minimum Gasteiger partial charge on any atom is -0.395 e. The van der Waals surface area contributed by atoms with Crippen LogP contribution in [0, 0.1) is 5.92 Å². The number of aryl methyl sites for hydroxylation is 1. The van der Waals surface area contributed by atoms with Gasteiger partial charge in [0.1, 0.15) is 0 Å². The fourth-order valence-electron chi connectivity index (χ4n) is 3.56. The second-order valence-electron chi connectivity index (χ2n) is 6.64. The molecule has 0 unspecified atom stereocenters. The van der Waals surface area contributed by atoms with Crippen LogP contribution in [0.15, 0.2) is 36.9 Å². The molecule has 2 aromatic rings. The Bertz CT molecular complexity index is 631. The van der Waals surface area contributed by atoms with Crippen LogP contribution in [0.4, 0.5) is 0 Å². The fourth-order valence-corrected chi connectivity index (χ4v) is 3.56. The molecule has 136 valence electrons. The van der Waals surface area contributed by atoms with Crippen molar-refractivity contribution in [2.45, 2.75) is 39.0 Å². The van der Waals surface area contributed by atoms with Gasteiger partial charge in [-0.3, -0.25) is 14.6 Å². The smallest absolute Gasteiger partial charge is 0.0895 e. The molecule has 0 spiro atoms. The van der Waals surface area contributed by atoms with E-state index in [-0.39, 0.29) is 12.7 Å². The predicted octanol–water partition coefficient (Wildman–Crippen LogP) is 2.26. The minimum absolute atomic E-state index is 0.0872. The first-order valence-corrected chi connectivity index (χ1v) is 9.16. The Morgan fingerprint density at radius 2 is 2.32 bits per heavy atom. The summed E-state index contributed by atoms with van der Waals surface area (Å²) in [6, 6.07) is 4.04. The SMILES string of the molecule is CCn1cc([C@@H]2OCCC[C@H]2CN(CCO)Cc2cccnc2)cn1. The predicted molar refractivity (Wildman–Crippen MR) is 95.9 cm³/mol. The molecule has 3 rings (SSSR count). The number of rotatable bonds is 8. The van der Waals surface area contributed by atoms with Crippen molar-refractivity contribution in [1.82, 2.24) is 19.7 Å². The summed E-state index contributed by atoms with van der Waals surface area (Å²) >= 11 is 0. The summed E-state index contributed by atoms with van der Waals surface area (Å²) in [6.07, 6.45) is 10.0. The van der Waals surface area contributed by atoms with Crippen LogP contribution in [0.3, 0.4) is 0 Å². The quantitative estimate of drug-likeness (QED) is 0.796. The van der Waals surface area contributed by atoms with Crippen LogP contribution in [0.1, 0.15) is 37.0 Å². The zero-order valence-electron chi connectivity index (χ0n) is 14.9. The number of pyridine rings is 1. The standard InChI is InChI=1S/C19H28N4O2/c1-2-23-15-18(12-21-23)19-17(6-4-10-25-19)14-22(8-9-24)13-16-5-3-7-20-11-16/h3,5,7,11-12,15,17,19,24H,2,4,6,8-10,13-14H2,1H3/t17-,19+/m0/s1. The Labute approximate surface area is 149 Å². The molecule has 1 N–H and O–H groups in total. The van der Waals surface area contributed by atoms with Crippen LogP contribution >= 0.6 is 0 Å². The van der Waals surface area contributed by atoms with E-state index in [1.807, 2.05) is 23.1 Å². The molecule has 25 heavy (non-hydrogen) atoms. The highest BCUT2D eigenvalue weighted by Gasteiger charge is 2.30. The first kappa shape index (κ1) is 18.0. The summed E-state index contributed by atoms with van der Waals surface area (Å²) < 4.78 is 8.06. The van der Waals surface area contributed by atoms with Crippen LogP contribution < -0.4 is 0 Å². The zero-order chi connectivity index (χ0) is 17.5. The third-order valence-corrected chi connectivity index (χ3v) is 4.79. The van der Waals surface area contributed by atoms with Crippen molar-refractivity contribution in [1.29, 1.82) is 0 Å². The van der Waals surface area contributed by atoms with E-state index in [0.717, 1.165) is 44.6 Å². The Morgan fingerprint density at radius 3 is 3.04 bits per heavy atom. The van der Waals surface area contributed by atoms with E-state index in [2.05, 4.69) is 34.2 Å². The van der Waals surface area contributed by atoms with Gasteiger partial charge in [-0.2, -0.15) is 5.10 Å². The summed E-state index contributed by atoms with van der Waals surface area (Å²) in [5.74, 6) is 0.409. The Morgan fingerprint density at radius 1 is 1.40 bits per heavy atom. The molecule has 1 saturated heterocycles. The average molecular weight is 344 g/mol. The number of hydrogen-bond acceptors (Lipinski definition) is 5. The van der Waals surface area contributed by atoms with Gasteiger partial charge in [-0.25, -0.2) is 0 Å². The number of aliphatic hydroxyl groups excluding tert-OH is 1. The molecule has 0 saturated carbocycles. The number of aromatic nitrogens is 3. The number of hydrogen-bond donors (Lipinski definition) is 1. The topological polar surface area (TPSA) is 63.4 Å². The average Bonchev–Trinajstić information content (AvgIpc) is 3.12. The number of ether oxygens (including phenoxy) is 1. The number of aliphatic hydroxyl groups is 1. The van der Waals surface area contributed by atoms with Crippen molar-refractivity contribution in [3.8, 4) is 0 Å².